The molecule has 6 heteroatoms. The molecule has 0 spiro atoms. The van der Waals surface area contributed by atoms with Gasteiger partial charge in [0.1, 0.15) is 6.61 Å². The molecule has 1 aromatic heterocycles. The highest BCUT2D eigenvalue weighted by Crippen LogP contribution is 2.20. The van der Waals surface area contributed by atoms with E-state index in [0.717, 1.165) is 5.56 Å². The number of rotatable bonds is 2. The Morgan fingerprint density at radius 1 is 1.55 bits per heavy atom. The number of hydrogen-bond acceptors (Lipinski definition) is 4. The van der Waals surface area contributed by atoms with E-state index in [2.05, 4.69) is 22.1 Å². The van der Waals surface area contributed by atoms with Crippen LogP contribution in [0.1, 0.15) is 20.8 Å². The minimum atomic E-state index is -0.241. The highest BCUT2D eigenvalue weighted by Gasteiger charge is 2.11. The summed E-state index contributed by atoms with van der Waals surface area (Å²) in [6.45, 7) is 1.62. The molecule has 2 N–H and O–H groups in total. The standard InChI is InChI=1S/C14H11ClN2O2S/c1-9-7-10(15)4-5-12(9)13(19)17-14-16-8-11(20-14)3-2-6-18/h4-5,7-8,18H,6H2,1H3,(H,16,17,19). The summed E-state index contributed by atoms with van der Waals surface area (Å²) in [5.74, 6) is 5.02. The number of thiazole rings is 1. The zero-order valence-corrected chi connectivity index (χ0v) is 12.2. The van der Waals surface area contributed by atoms with E-state index in [-0.39, 0.29) is 12.5 Å². The first-order valence-corrected chi connectivity index (χ1v) is 6.92. The van der Waals surface area contributed by atoms with Gasteiger partial charge < -0.3 is 5.11 Å². The molecule has 4 nitrogen and oxygen atoms in total. The summed E-state index contributed by atoms with van der Waals surface area (Å²) in [5, 5.41) is 12.4. The fourth-order valence-corrected chi connectivity index (χ4v) is 2.48. The molecule has 1 heterocycles. The van der Waals surface area contributed by atoms with Crippen LogP contribution in [0.15, 0.2) is 24.4 Å². The molecule has 0 radical (unpaired) electrons. The predicted octanol–water partition coefficient (Wildman–Crippen LogP) is 2.70. The summed E-state index contributed by atoms with van der Waals surface area (Å²) < 4.78 is 0. The van der Waals surface area contributed by atoms with E-state index in [1.165, 1.54) is 11.3 Å². The van der Waals surface area contributed by atoms with Crippen LogP contribution in [0.4, 0.5) is 5.13 Å². The highest BCUT2D eigenvalue weighted by atomic mass is 35.5. The topological polar surface area (TPSA) is 62.2 Å². The fourth-order valence-electron chi connectivity index (χ4n) is 1.56. The van der Waals surface area contributed by atoms with Crippen LogP contribution in [0.3, 0.4) is 0 Å². The Hall–Kier alpha value is -1.87. The van der Waals surface area contributed by atoms with Gasteiger partial charge in [-0.2, -0.15) is 0 Å². The SMILES string of the molecule is Cc1cc(Cl)ccc1C(=O)Nc1ncc(C#CCO)s1. The van der Waals surface area contributed by atoms with Gasteiger partial charge in [0.15, 0.2) is 5.13 Å². The third-order valence-electron chi connectivity index (χ3n) is 2.45. The second-order valence-electron chi connectivity index (χ2n) is 3.90. The average Bonchev–Trinajstić information content (AvgIpc) is 2.83. The van der Waals surface area contributed by atoms with Gasteiger partial charge in [0, 0.05) is 10.6 Å². The first-order valence-electron chi connectivity index (χ1n) is 5.73. The zero-order chi connectivity index (χ0) is 14.5. The number of aromatic nitrogens is 1. The van der Waals surface area contributed by atoms with Crippen molar-refractivity contribution in [2.24, 2.45) is 0 Å². The Balaban J connectivity index is 2.13. The molecule has 0 fully saturated rings. The first-order chi connectivity index (χ1) is 9.60. The fraction of sp³-hybridized carbons (Fsp3) is 0.143. The number of nitrogens with one attached hydrogen (secondary N) is 1. The molecule has 1 amide bonds. The zero-order valence-electron chi connectivity index (χ0n) is 10.6. The van der Waals surface area contributed by atoms with Crippen molar-refractivity contribution in [3.63, 3.8) is 0 Å². The van der Waals surface area contributed by atoms with E-state index in [1.54, 1.807) is 24.4 Å². The normalized spacial score (nSPS) is 9.75. The molecule has 1 aromatic carbocycles. The Labute approximate surface area is 125 Å². The van der Waals surface area contributed by atoms with Crippen LogP contribution in [-0.4, -0.2) is 22.6 Å². The molecule has 2 rings (SSSR count). The van der Waals surface area contributed by atoms with Crippen LogP contribution in [0.2, 0.25) is 5.02 Å². The lowest BCUT2D eigenvalue weighted by molar-refractivity contribution is 0.102. The van der Waals surface area contributed by atoms with Gasteiger partial charge in [-0.05, 0) is 30.7 Å². The lowest BCUT2D eigenvalue weighted by Gasteiger charge is -2.05. The summed E-state index contributed by atoms with van der Waals surface area (Å²) in [4.78, 5) is 16.8. The third-order valence-corrected chi connectivity index (χ3v) is 3.51. The molecule has 0 unspecified atom stereocenters. The Morgan fingerprint density at radius 2 is 2.35 bits per heavy atom. The van der Waals surface area contributed by atoms with Gasteiger partial charge in [-0.3, -0.25) is 10.1 Å². The molecule has 0 aliphatic carbocycles. The van der Waals surface area contributed by atoms with Crippen molar-refractivity contribution in [3.05, 3.63) is 45.4 Å². The molecule has 0 bridgehead atoms. The van der Waals surface area contributed by atoms with E-state index in [1.807, 2.05) is 6.92 Å². The molecular weight excluding hydrogens is 296 g/mol. The van der Waals surface area contributed by atoms with Gasteiger partial charge in [0.25, 0.3) is 5.91 Å². The van der Waals surface area contributed by atoms with Crippen molar-refractivity contribution in [2.45, 2.75) is 6.92 Å². The van der Waals surface area contributed by atoms with Gasteiger partial charge in [-0.15, -0.1) is 0 Å². The Morgan fingerprint density at radius 3 is 3.05 bits per heavy atom. The van der Waals surface area contributed by atoms with E-state index in [9.17, 15) is 4.79 Å². The maximum Gasteiger partial charge on any atom is 0.257 e. The average molecular weight is 307 g/mol. The number of aliphatic hydroxyl groups excluding tert-OH is 1. The number of amides is 1. The number of halogens is 1. The highest BCUT2D eigenvalue weighted by molar-refractivity contribution is 7.16. The van der Waals surface area contributed by atoms with Crippen LogP contribution in [-0.2, 0) is 0 Å². The smallest absolute Gasteiger partial charge is 0.257 e. The van der Waals surface area contributed by atoms with Crippen molar-refractivity contribution in [1.82, 2.24) is 4.98 Å². The van der Waals surface area contributed by atoms with E-state index >= 15 is 0 Å². The number of carbonyl (C=O) groups is 1. The molecule has 0 saturated heterocycles. The molecule has 0 saturated carbocycles. The Kier molecular flexibility index (Phi) is 4.74. The van der Waals surface area contributed by atoms with Crippen LogP contribution in [0.5, 0.6) is 0 Å². The molecule has 0 aliphatic heterocycles. The monoisotopic (exact) mass is 306 g/mol. The number of hydrogen-bond donors (Lipinski definition) is 2. The van der Waals surface area contributed by atoms with Crippen molar-refractivity contribution in [1.29, 1.82) is 0 Å². The molecule has 2 aromatic rings. The number of aliphatic hydroxyl groups is 1. The molecular formula is C14H11ClN2O2S. The molecule has 0 aliphatic rings. The Bertz CT molecular complexity index is 701. The first kappa shape index (κ1) is 14.5. The summed E-state index contributed by atoms with van der Waals surface area (Å²) in [6, 6.07) is 5.08. The number of aryl methyl sites for hydroxylation is 1. The quantitative estimate of drug-likeness (QED) is 0.839. The minimum Gasteiger partial charge on any atom is -0.384 e. The van der Waals surface area contributed by atoms with Crippen molar-refractivity contribution >= 4 is 34.0 Å². The van der Waals surface area contributed by atoms with Crippen LogP contribution >= 0.6 is 22.9 Å². The second-order valence-corrected chi connectivity index (χ2v) is 5.37. The van der Waals surface area contributed by atoms with Crippen molar-refractivity contribution in [3.8, 4) is 11.8 Å². The maximum atomic E-state index is 12.1. The molecule has 20 heavy (non-hydrogen) atoms. The van der Waals surface area contributed by atoms with Crippen molar-refractivity contribution in [2.75, 3.05) is 11.9 Å². The summed E-state index contributed by atoms with van der Waals surface area (Å²) in [5.41, 5.74) is 1.35. The number of nitrogens with zero attached hydrogens (tertiary/aromatic N) is 1. The lowest BCUT2D eigenvalue weighted by Crippen LogP contribution is -2.12. The number of anilines is 1. The van der Waals surface area contributed by atoms with Gasteiger partial charge >= 0.3 is 0 Å². The summed E-state index contributed by atoms with van der Waals surface area (Å²) in [7, 11) is 0. The maximum absolute atomic E-state index is 12.1. The van der Waals surface area contributed by atoms with Crippen molar-refractivity contribution < 1.29 is 9.90 Å². The minimum absolute atomic E-state index is 0.205. The lowest BCUT2D eigenvalue weighted by atomic mass is 10.1. The van der Waals surface area contributed by atoms with E-state index < -0.39 is 0 Å². The predicted molar refractivity (Wildman–Crippen MR) is 80.2 cm³/mol. The number of carbonyl (C=O) groups excluding carboxylic acids is 1. The summed E-state index contributed by atoms with van der Waals surface area (Å²) in [6.07, 6.45) is 1.55. The third kappa shape index (κ3) is 3.58. The van der Waals surface area contributed by atoms with E-state index in [4.69, 9.17) is 16.7 Å². The van der Waals surface area contributed by atoms with Crippen LogP contribution in [0, 0.1) is 18.8 Å². The largest absolute Gasteiger partial charge is 0.384 e. The summed E-state index contributed by atoms with van der Waals surface area (Å²) >= 11 is 7.11. The van der Waals surface area contributed by atoms with Gasteiger partial charge in [-0.1, -0.05) is 34.8 Å². The van der Waals surface area contributed by atoms with Gasteiger partial charge in [0.05, 0.1) is 11.1 Å². The number of benzene rings is 1. The van der Waals surface area contributed by atoms with Crippen LogP contribution < -0.4 is 5.32 Å². The second kappa shape index (κ2) is 6.53. The molecule has 102 valence electrons. The van der Waals surface area contributed by atoms with Crippen LogP contribution in [0.25, 0.3) is 0 Å². The molecule has 0 atom stereocenters. The van der Waals surface area contributed by atoms with Gasteiger partial charge in [0.2, 0.25) is 0 Å². The van der Waals surface area contributed by atoms with Gasteiger partial charge in [-0.25, -0.2) is 4.98 Å². The van der Waals surface area contributed by atoms with E-state index in [0.29, 0.717) is 20.6 Å².